The molecule has 0 amide bonds. The molecule has 0 saturated carbocycles. The van der Waals surface area contributed by atoms with E-state index in [2.05, 4.69) is 6.92 Å². The minimum atomic E-state index is -0.885. The molecule has 0 radical (unpaired) electrons. The van der Waals surface area contributed by atoms with E-state index in [1.165, 1.54) is 0 Å². The first-order chi connectivity index (χ1) is 8.15. The molecular formula is C14H20O3. The number of unbranched alkanes of at least 4 members (excludes halogenated alkanes) is 1. The molecule has 94 valence electrons. The maximum atomic E-state index is 11.1. The maximum Gasteiger partial charge on any atom is 0.333 e. The number of benzene rings is 1. The molecule has 0 aliphatic carbocycles. The van der Waals surface area contributed by atoms with Gasteiger partial charge in [0, 0.05) is 13.0 Å². The molecule has 0 aliphatic heterocycles. The van der Waals surface area contributed by atoms with Crippen molar-refractivity contribution in [3.05, 3.63) is 35.4 Å². The van der Waals surface area contributed by atoms with E-state index in [4.69, 9.17) is 9.84 Å². The average Bonchev–Trinajstić information content (AvgIpc) is 2.30. The fourth-order valence-corrected chi connectivity index (χ4v) is 1.63. The molecule has 1 aromatic carbocycles. The molecule has 0 fully saturated rings. The number of hydrogen-bond donors (Lipinski definition) is 1. The number of ether oxygens (including phenoxy) is 1. The van der Waals surface area contributed by atoms with E-state index in [0.717, 1.165) is 24.0 Å². The topological polar surface area (TPSA) is 46.5 Å². The molecule has 3 heteroatoms. The molecule has 0 unspecified atom stereocenters. The van der Waals surface area contributed by atoms with E-state index in [9.17, 15) is 4.79 Å². The molecule has 1 aromatic rings. The van der Waals surface area contributed by atoms with E-state index >= 15 is 0 Å². The maximum absolute atomic E-state index is 11.1. The number of hydrogen-bond acceptors (Lipinski definition) is 2. The zero-order valence-electron chi connectivity index (χ0n) is 10.5. The van der Waals surface area contributed by atoms with E-state index in [1.807, 2.05) is 31.2 Å². The van der Waals surface area contributed by atoms with Crippen molar-refractivity contribution >= 4 is 5.97 Å². The first kappa shape index (κ1) is 13.7. The first-order valence-electron chi connectivity index (χ1n) is 6.04. The van der Waals surface area contributed by atoms with Crippen molar-refractivity contribution in [2.75, 3.05) is 6.61 Å². The fraction of sp³-hybridized carbons (Fsp3) is 0.500. The van der Waals surface area contributed by atoms with Gasteiger partial charge in [0.25, 0.3) is 0 Å². The van der Waals surface area contributed by atoms with Gasteiger partial charge in [-0.2, -0.15) is 0 Å². The summed E-state index contributed by atoms with van der Waals surface area (Å²) >= 11 is 0. The van der Waals surface area contributed by atoms with Crippen molar-refractivity contribution in [3.8, 4) is 0 Å². The molecular weight excluding hydrogens is 216 g/mol. The van der Waals surface area contributed by atoms with Crippen molar-refractivity contribution < 1.29 is 14.6 Å². The lowest BCUT2D eigenvalue weighted by Crippen LogP contribution is -2.27. The SMILES string of the molecule is CCCCO[C@H](Cc1ccccc1C)C(=O)O. The van der Waals surface area contributed by atoms with Gasteiger partial charge in [0.2, 0.25) is 0 Å². The number of carboxylic acids is 1. The molecule has 0 saturated heterocycles. The van der Waals surface area contributed by atoms with Gasteiger partial charge in [-0.3, -0.25) is 0 Å². The van der Waals surface area contributed by atoms with Gasteiger partial charge < -0.3 is 9.84 Å². The highest BCUT2D eigenvalue weighted by Gasteiger charge is 2.18. The van der Waals surface area contributed by atoms with Crippen LogP contribution in [0.2, 0.25) is 0 Å². The monoisotopic (exact) mass is 236 g/mol. The van der Waals surface area contributed by atoms with Gasteiger partial charge in [0.1, 0.15) is 0 Å². The molecule has 1 atom stereocenters. The Hall–Kier alpha value is -1.35. The summed E-state index contributed by atoms with van der Waals surface area (Å²) in [5, 5.41) is 9.10. The van der Waals surface area contributed by atoms with Crippen LogP contribution in [0, 0.1) is 6.92 Å². The van der Waals surface area contributed by atoms with Gasteiger partial charge in [0.05, 0.1) is 0 Å². The zero-order chi connectivity index (χ0) is 12.7. The highest BCUT2D eigenvalue weighted by molar-refractivity contribution is 5.72. The highest BCUT2D eigenvalue weighted by Crippen LogP contribution is 2.12. The standard InChI is InChI=1S/C14H20O3/c1-3-4-9-17-13(14(15)16)10-12-8-6-5-7-11(12)2/h5-8,13H,3-4,9-10H2,1-2H3,(H,15,16)/t13-/m1/s1. The van der Waals surface area contributed by atoms with Crippen molar-refractivity contribution in [3.63, 3.8) is 0 Å². The molecule has 0 spiro atoms. The summed E-state index contributed by atoms with van der Waals surface area (Å²) in [7, 11) is 0. The number of carbonyl (C=O) groups is 1. The minimum Gasteiger partial charge on any atom is -0.479 e. The summed E-state index contributed by atoms with van der Waals surface area (Å²) < 4.78 is 5.40. The Labute approximate surface area is 102 Å². The zero-order valence-corrected chi connectivity index (χ0v) is 10.5. The molecule has 1 N–H and O–H groups in total. The Morgan fingerprint density at radius 3 is 2.71 bits per heavy atom. The summed E-state index contributed by atoms with van der Waals surface area (Å²) in [5.74, 6) is -0.885. The number of carboxylic acid groups (broad SMARTS) is 1. The van der Waals surface area contributed by atoms with Gasteiger partial charge >= 0.3 is 5.97 Å². The Kier molecular flexibility index (Phi) is 5.70. The van der Waals surface area contributed by atoms with E-state index in [0.29, 0.717) is 13.0 Å². The molecule has 0 heterocycles. The van der Waals surface area contributed by atoms with E-state index in [-0.39, 0.29) is 0 Å². The summed E-state index contributed by atoms with van der Waals surface area (Å²) in [6.45, 7) is 4.56. The second-order valence-corrected chi connectivity index (χ2v) is 4.18. The van der Waals surface area contributed by atoms with Crippen molar-refractivity contribution in [1.29, 1.82) is 0 Å². The molecule has 17 heavy (non-hydrogen) atoms. The van der Waals surface area contributed by atoms with Crippen LogP contribution in [0.3, 0.4) is 0 Å². The number of aryl methyl sites for hydroxylation is 1. The fourth-order valence-electron chi connectivity index (χ4n) is 1.63. The third-order valence-electron chi connectivity index (χ3n) is 2.76. The average molecular weight is 236 g/mol. The van der Waals surface area contributed by atoms with Crippen LogP contribution in [0.5, 0.6) is 0 Å². The quantitative estimate of drug-likeness (QED) is 0.740. The van der Waals surface area contributed by atoms with Crippen molar-refractivity contribution in [1.82, 2.24) is 0 Å². The lowest BCUT2D eigenvalue weighted by atomic mass is 10.0. The largest absolute Gasteiger partial charge is 0.479 e. The van der Waals surface area contributed by atoms with Gasteiger partial charge in [-0.25, -0.2) is 4.79 Å². The van der Waals surface area contributed by atoms with Gasteiger partial charge in [-0.15, -0.1) is 0 Å². The second kappa shape index (κ2) is 7.07. The minimum absolute atomic E-state index is 0.436. The summed E-state index contributed by atoms with van der Waals surface area (Å²) in [6.07, 6.45) is 1.61. The Balaban J connectivity index is 2.61. The lowest BCUT2D eigenvalue weighted by molar-refractivity contribution is -0.150. The van der Waals surface area contributed by atoms with Crippen LogP contribution in [-0.4, -0.2) is 23.8 Å². The predicted octanol–water partition coefficient (Wildman–Crippen LogP) is 2.81. The van der Waals surface area contributed by atoms with Crippen molar-refractivity contribution in [2.24, 2.45) is 0 Å². The van der Waals surface area contributed by atoms with Gasteiger partial charge in [-0.1, -0.05) is 37.6 Å². The van der Waals surface area contributed by atoms with Crippen molar-refractivity contribution in [2.45, 2.75) is 39.2 Å². The second-order valence-electron chi connectivity index (χ2n) is 4.18. The van der Waals surface area contributed by atoms with Crippen LogP contribution in [0.1, 0.15) is 30.9 Å². The third-order valence-corrected chi connectivity index (χ3v) is 2.76. The molecule has 0 aromatic heterocycles. The molecule has 3 nitrogen and oxygen atoms in total. The number of rotatable bonds is 7. The van der Waals surface area contributed by atoms with E-state index in [1.54, 1.807) is 0 Å². The lowest BCUT2D eigenvalue weighted by Gasteiger charge is -2.14. The summed E-state index contributed by atoms with van der Waals surface area (Å²) in [6, 6.07) is 7.81. The summed E-state index contributed by atoms with van der Waals surface area (Å²) in [4.78, 5) is 11.1. The number of aliphatic carboxylic acids is 1. The van der Waals surface area contributed by atoms with Gasteiger partial charge in [-0.05, 0) is 24.5 Å². The summed E-state index contributed by atoms with van der Waals surface area (Å²) in [5.41, 5.74) is 2.15. The van der Waals surface area contributed by atoms with Crippen LogP contribution >= 0.6 is 0 Å². The van der Waals surface area contributed by atoms with Crippen LogP contribution in [-0.2, 0) is 16.0 Å². The van der Waals surface area contributed by atoms with Crippen LogP contribution < -0.4 is 0 Å². The van der Waals surface area contributed by atoms with Crippen LogP contribution in [0.25, 0.3) is 0 Å². The molecule has 1 rings (SSSR count). The van der Waals surface area contributed by atoms with Gasteiger partial charge in [0.15, 0.2) is 6.10 Å². The van der Waals surface area contributed by atoms with Crippen LogP contribution in [0.15, 0.2) is 24.3 Å². The third kappa shape index (κ3) is 4.57. The Morgan fingerprint density at radius 2 is 2.12 bits per heavy atom. The first-order valence-corrected chi connectivity index (χ1v) is 6.04. The Morgan fingerprint density at radius 1 is 1.41 bits per heavy atom. The smallest absolute Gasteiger partial charge is 0.333 e. The van der Waals surface area contributed by atoms with Crippen LogP contribution in [0.4, 0.5) is 0 Å². The molecule has 0 aliphatic rings. The molecule has 0 bridgehead atoms. The predicted molar refractivity (Wildman–Crippen MR) is 67.2 cm³/mol. The Bertz CT molecular complexity index is 360. The normalized spacial score (nSPS) is 12.4. The highest BCUT2D eigenvalue weighted by atomic mass is 16.5. The van der Waals surface area contributed by atoms with E-state index < -0.39 is 12.1 Å².